The Morgan fingerprint density at radius 1 is 1.00 bits per heavy atom. The predicted molar refractivity (Wildman–Crippen MR) is 33.4 cm³/mol. The third kappa shape index (κ3) is 8.99. The molecule has 0 aromatic carbocycles. The van der Waals surface area contributed by atoms with Crippen LogP contribution in [0.25, 0.3) is 0 Å². The summed E-state index contributed by atoms with van der Waals surface area (Å²) < 4.78 is 0. The maximum atomic E-state index is 0. The van der Waals surface area contributed by atoms with Crippen molar-refractivity contribution in [1.29, 1.82) is 0 Å². The standard InChI is InChI=1S/Al.Bi.Ga.H2O.9H/h;;;1H2;;;;;;;;;. The van der Waals surface area contributed by atoms with Crippen molar-refractivity contribution in [3.05, 3.63) is 0 Å². The van der Waals surface area contributed by atoms with E-state index >= 15 is 0 Å². The van der Waals surface area contributed by atoms with Gasteiger partial charge in [-0.2, -0.15) is 0 Å². The van der Waals surface area contributed by atoms with Gasteiger partial charge in [-0.3, -0.25) is 0 Å². The summed E-state index contributed by atoms with van der Waals surface area (Å²) in [6.45, 7) is 0. The van der Waals surface area contributed by atoms with Crippen molar-refractivity contribution in [1.82, 2.24) is 0 Å². The van der Waals surface area contributed by atoms with E-state index in [1.807, 2.05) is 0 Å². The first-order valence-corrected chi connectivity index (χ1v) is 0. The van der Waals surface area contributed by atoms with Gasteiger partial charge in [0, 0.05) is 0 Å². The molecule has 0 aliphatic carbocycles. The van der Waals surface area contributed by atoms with Crippen molar-refractivity contribution in [3.63, 3.8) is 0 Å². The molecule has 2 N–H and O–H groups in total. The van der Waals surface area contributed by atoms with Crippen molar-refractivity contribution in [2.75, 3.05) is 0 Å². The normalized spacial score (nSPS) is 0. The quantitative estimate of drug-likeness (QED) is 0.402. The Kier molecular flexibility index (Phi) is 186. The summed E-state index contributed by atoms with van der Waals surface area (Å²) in [6, 6.07) is 0. The van der Waals surface area contributed by atoms with Crippen LogP contribution in [0.15, 0.2) is 0 Å². The molecule has 0 heterocycles. The fourth-order valence-electron chi connectivity index (χ4n) is 0. The minimum atomic E-state index is 0. The van der Waals surface area contributed by atoms with Gasteiger partial charge in [0.1, 0.15) is 0 Å². The van der Waals surface area contributed by atoms with Crippen LogP contribution in [0.4, 0.5) is 0 Å². The van der Waals surface area contributed by atoms with Gasteiger partial charge >= 0.3 is 46.0 Å². The molecule has 4 heavy (non-hydrogen) atoms. The molecule has 0 fully saturated rings. The summed E-state index contributed by atoms with van der Waals surface area (Å²) in [6.07, 6.45) is 0. The molecule has 0 spiro atoms. The van der Waals surface area contributed by atoms with Crippen molar-refractivity contribution >= 4 is 63.4 Å². The SMILES string of the molecule is O.[AlH3].[BiH3].[GaH3]. The van der Waals surface area contributed by atoms with Crippen LogP contribution < -0.4 is 0 Å². The van der Waals surface area contributed by atoms with E-state index in [-0.39, 0.29) is 68.8 Å². The van der Waals surface area contributed by atoms with Gasteiger partial charge in [-0.15, -0.1) is 0 Å². The second kappa shape index (κ2) is 19.9. The molecule has 4 heteroatoms. The first-order valence-electron chi connectivity index (χ1n) is 0. The van der Waals surface area contributed by atoms with Gasteiger partial charge in [-0.25, -0.2) is 0 Å². The van der Waals surface area contributed by atoms with Crippen LogP contribution >= 0.6 is 0 Å². The molecule has 0 bridgehead atoms. The fraction of sp³-hybridized carbons (Fsp3) is 0. The van der Waals surface area contributed by atoms with Crippen molar-refractivity contribution in [3.8, 4) is 0 Å². The van der Waals surface area contributed by atoms with Gasteiger partial charge in [0.2, 0.25) is 0 Å². The zero-order valence-electron chi connectivity index (χ0n) is 1.21. The molecule has 0 amide bonds. The van der Waals surface area contributed by atoms with E-state index in [4.69, 9.17) is 0 Å². The van der Waals surface area contributed by atoms with Gasteiger partial charge in [0.05, 0.1) is 0 Å². The molecule has 0 aliphatic rings. The summed E-state index contributed by atoms with van der Waals surface area (Å²) >= 11 is 0. The zero-order chi connectivity index (χ0) is 0. The van der Waals surface area contributed by atoms with Crippen LogP contribution in [0.1, 0.15) is 0 Å². The van der Waals surface area contributed by atoms with Crippen molar-refractivity contribution in [2.24, 2.45) is 0 Å². The maximum absolute atomic E-state index is 0. The number of hydrogen-bond donors (Lipinski definition) is 0. The van der Waals surface area contributed by atoms with Gasteiger partial charge < -0.3 is 5.48 Å². The van der Waals surface area contributed by atoms with E-state index in [0.29, 0.717) is 0 Å². The Labute approximate surface area is 68.2 Å². The van der Waals surface area contributed by atoms with E-state index in [1.165, 1.54) is 0 Å². The van der Waals surface area contributed by atoms with Gasteiger partial charge in [0.15, 0.2) is 17.4 Å². The predicted octanol–water partition coefficient (Wildman–Crippen LogP) is -4.38. The Balaban J connectivity index is 0. The molecule has 0 aliphatic heterocycles. The van der Waals surface area contributed by atoms with Crippen molar-refractivity contribution in [2.45, 2.75) is 0 Å². The van der Waals surface area contributed by atoms with Crippen molar-refractivity contribution < 1.29 is 5.48 Å². The Bertz CT molecular complexity index is 8.00. The Morgan fingerprint density at radius 2 is 1.00 bits per heavy atom. The average molecular weight is 333 g/mol. The zero-order valence-corrected chi connectivity index (χ0v) is 6.70. The van der Waals surface area contributed by atoms with Crippen LogP contribution in [-0.2, 0) is 0 Å². The third-order valence-electron chi connectivity index (χ3n) is 0. The van der Waals surface area contributed by atoms with Crippen LogP contribution in [0.3, 0.4) is 0 Å². The topological polar surface area (TPSA) is 31.5 Å². The summed E-state index contributed by atoms with van der Waals surface area (Å²) in [5, 5.41) is 0. The number of rotatable bonds is 0. The average Bonchev–Trinajstić information content (AvgIpc) is 0. The monoisotopic (exact) mass is 332 g/mol. The number of hydrogen-bond acceptors (Lipinski definition) is 0. The molecule has 0 radical (unpaired) electrons. The van der Waals surface area contributed by atoms with Gasteiger partial charge in [-0.05, 0) is 0 Å². The first-order chi connectivity index (χ1) is 0. The van der Waals surface area contributed by atoms with E-state index < -0.39 is 0 Å². The second-order valence-corrected chi connectivity index (χ2v) is 0. The van der Waals surface area contributed by atoms with Crippen LogP contribution in [0.5, 0.6) is 0 Å². The van der Waals surface area contributed by atoms with E-state index in [1.54, 1.807) is 0 Å². The van der Waals surface area contributed by atoms with E-state index in [9.17, 15) is 0 Å². The van der Waals surface area contributed by atoms with Crippen LogP contribution in [0, 0.1) is 0 Å². The first kappa shape index (κ1) is 37.3. The van der Waals surface area contributed by atoms with E-state index in [2.05, 4.69) is 0 Å². The van der Waals surface area contributed by atoms with E-state index in [0.717, 1.165) is 0 Å². The third-order valence-corrected chi connectivity index (χ3v) is 0. The van der Waals surface area contributed by atoms with Crippen LogP contribution in [-0.4, -0.2) is 68.8 Å². The molecule has 0 rings (SSSR count). The summed E-state index contributed by atoms with van der Waals surface area (Å²) in [5.74, 6) is 0. The molecule has 0 aromatic rings. The molecule has 28 valence electrons. The molecule has 0 saturated heterocycles. The molecule has 0 saturated carbocycles. The molecule has 0 aromatic heterocycles. The molecular formula is H11AlBiGaO. The van der Waals surface area contributed by atoms with Gasteiger partial charge in [-0.1, -0.05) is 0 Å². The Morgan fingerprint density at radius 3 is 1.00 bits per heavy atom. The van der Waals surface area contributed by atoms with Crippen LogP contribution in [0.2, 0.25) is 0 Å². The summed E-state index contributed by atoms with van der Waals surface area (Å²) in [4.78, 5) is 0. The van der Waals surface area contributed by atoms with Gasteiger partial charge in [0.25, 0.3) is 0 Å². The molecular weight excluding hydrogens is 322 g/mol. The minimum absolute atomic E-state index is 0. The Hall–Kier alpha value is 2.01. The fourth-order valence-corrected chi connectivity index (χ4v) is 0. The molecule has 0 unspecified atom stereocenters. The summed E-state index contributed by atoms with van der Waals surface area (Å²) in [5.41, 5.74) is 0. The second-order valence-electron chi connectivity index (χ2n) is 0. The summed E-state index contributed by atoms with van der Waals surface area (Å²) in [7, 11) is 0. The molecule has 0 atom stereocenters. The molecule has 1 nitrogen and oxygen atoms in total.